The van der Waals surface area contributed by atoms with E-state index >= 15 is 0 Å². The molecular weight excluding hydrogens is 172 g/mol. The Bertz CT molecular complexity index is 278. The third-order valence-electron chi connectivity index (χ3n) is 1.64. The highest BCUT2D eigenvalue weighted by Gasteiger charge is 2.18. The van der Waals surface area contributed by atoms with E-state index in [2.05, 4.69) is 10.6 Å². The molecule has 1 heterocycles. The standard InChI is InChI=1S/C8H8N2OS/c11-5-9-8-10-6-3-1-2-4-7(6)12-8/h1-5,8,10H,(H,9,11). The lowest BCUT2D eigenvalue weighted by Gasteiger charge is -2.06. The van der Waals surface area contributed by atoms with Crippen LogP contribution in [0.25, 0.3) is 0 Å². The first-order chi connectivity index (χ1) is 5.90. The Morgan fingerprint density at radius 3 is 3.08 bits per heavy atom. The number of para-hydroxylation sites is 1. The lowest BCUT2D eigenvalue weighted by Crippen LogP contribution is -2.28. The van der Waals surface area contributed by atoms with Gasteiger partial charge in [-0.3, -0.25) is 4.79 Å². The fraction of sp³-hybridized carbons (Fsp3) is 0.125. The van der Waals surface area contributed by atoms with Gasteiger partial charge in [0.1, 0.15) is 0 Å². The maximum Gasteiger partial charge on any atom is 0.209 e. The summed E-state index contributed by atoms with van der Waals surface area (Å²) in [6, 6.07) is 7.97. The van der Waals surface area contributed by atoms with Crippen molar-refractivity contribution in [2.75, 3.05) is 5.32 Å². The molecule has 0 bridgehead atoms. The molecular formula is C8H8N2OS. The van der Waals surface area contributed by atoms with Gasteiger partial charge >= 0.3 is 0 Å². The second-order valence-corrected chi connectivity index (χ2v) is 3.57. The summed E-state index contributed by atoms with van der Waals surface area (Å²) in [5.74, 6) is 0. The van der Waals surface area contributed by atoms with Crippen LogP contribution < -0.4 is 10.6 Å². The van der Waals surface area contributed by atoms with Crippen molar-refractivity contribution in [1.29, 1.82) is 0 Å². The minimum absolute atomic E-state index is 0.0140. The summed E-state index contributed by atoms with van der Waals surface area (Å²) >= 11 is 1.61. The molecule has 0 radical (unpaired) electrons. The van der Waals surface area contributed by atoms with Crippen LogP contribution in [0.5, 0.6) is 0 Å². The van der Waals surface area contributed by atoms with Crippen molar-refractivity contribution in [3.05, 3.63) is 24.3 Å². The van der Waals surface area contributed by atoms with Crippen molar-refractivity contribution in [2.45, 2.75) is 10.4 Å². The van der Waals surface area contributed by atoms with Crippen LogP contribution in [0, 0.1) is 0 Å². The van der Waals surface area contributed by atoms with E-state index in [1.165, 1.54) is 4.90 Å². The Morgan fingerprint density at radius 1 is 1.50 bits per heavy atom. The van der Waals surface area contributed by atoms with Crippen LogP contribution in [0.3, 0.4) is 0 Å². The number of hydrogen-bond acceptors (Lipinski definition) is 3. The molecule has 0 fully saturated rings. The van der Waals surface area contributed by atoms with Crippen molar-refractivity contribution in [3.8, 4) is 0 Å². The average molecular weight is 180 g/mol. The molecule has 3 nitrogen and oxygen atoms in total. The Kier molecular flexibility index (Phi) is 1.91. The van der Waals surface area contributed by atoms with Crippen LogP contribution in [0.4, 0.5) is 5.69 Å². The van der Waals surface area contributed by atoms with Gasteiger partial charge in [0, 0.05) is 4.90 Å². The largest absolute Gasteiger partial charge is 0.356 e. The number of carbonyl (C=O) groups excluding carboxylic acids is 1. The third kappa shape index (κ3) is 1.25. The van der Waals surface area contributed by atoms with Gasteiger partial charge in [0.2, 0.25) is 6.41 Å². The van der Waals surface area contributed by atoms with Gasteiger partial charge in [-0.25, -0.2) is 0 Å². The van der Waals surface area contributed by atoms with Crippen LogP contribution in [-0.2, 0) is 4.79 Å². The van der Waals surface area contributed by atoms with Gasteiger partial charge in [-0.15, -0.1) is 0 Å². The lowest BCUT2D eigenvalue weighted by atomic mass is 10.3. The summed E-state index contributed by atoms with van der Waals surface area (Å²) in [5.41, 5.74) is 1.07. The van der Waals surface area contributed by atoms with Gasteiger partial charge in [-0.05, 0) is 12.1 Å². The summed E-state index contributed by atoms with van der Waals surface area (Å²) in [4.78, 5) is 11.3. The summed E-state index contributed by atoms with van der Waals surface area (Å²) in [6.07, 6.45) is 0.705. The molecule has 1 amide bonds. The minimum atomic E-state index is -0.0140. The van der Waals surface area contributed by atoms with E-state index in [1.54, 1.807) is 11.8 Å². The SMILES string of the molecule is O=CNC1Nc2ccccc2S1. The number of benzene rings is 1. The molecule has 0 aliphatic carbocycles. The highest BCUT2D eigenvalue weighted by atomic mass is 32.2. The Labute approximate surface area is 74.5 Å². The monoisotopic (exact) mass is 180 g/mol. The first-order valence-electron chi connectivity index (χ1n) is 3.62. The Morgan fingerprint density at radius 2 is 2.33 bits per heavy atom. The van der Waals surface area contributed by atoms with Crippen LogP contribution in [-0.4, -0.2) is 11.9 Å². The summed E-state index contributed by atoms with van der Waals surface area (Å²) in [5, 5.41) is 5.82. The first-order valence-corrected chi connectivity index (χ1v) is 4.50. The molecule has 1 aliphatic heterocycles. The predicted molar refractivity (Wildman–Crippen MR) is 48.9 cm³/mol. The first kappa shape index (κ1) is 7.49. The van der Waals surface area contributed by atoms with Crippen molar-refractivity contribution >= 4 is 23.9 Å². The van der Waals surface area contributed by atoms with Crippen LogP contribution in [0.1, 0.15) is 0 Å². The number of amides is 1. The highest BCUT2D eigenvalue weighted by Crippen LogP contribution is 2.36. The zero-order valence-corrected chi connectivity index (χ0v) is 7.10. The van der Waals surface area contributed by atoms with Crippen molar-refractivity contribution in [3.63, 3.8) is 0 Å². The van der Waals surface area contributed by atoms with Crippen molar-refractivity contribution < 1.29 is 4.79 Å². The zero-order valence-electron chi connectivity index (χ0n) is 6.28. The van der Waals surface area contributed by atoms with Gasteiger partial charge in [-0.2, -0.15) is 0 Å². The van der Waals surface area contributed by atoms with Gasteiger partial charge in [-0.1, -0.05) is 23.9 Å². The molecule has 1 aliphatic rings. The molecule has 62 valence electrons. The zero-order chi connectivity index (χ0) is 8.39. The number of hydrogen-bond donors (Lipinski definition) is 2. The molecule has 0 saturated carbocycles. The van der Waals surface area contributed by atoms with E-state index < -0.39 is 0 Å². The topological polar surface area (TPSA) is 41.1 Å². The quantitative estimate of drug-likeness (QED) is 0.673. The molecule has 1 aromatic carbocycles. The maximum absolute atomic E-state index is 10.1. The molecule has 1 unspecified atom stereocenters. The lowest BCUT2D eigenvalue weighted by molar-refractivity contribution is -0.109. The molecule has 2 rings (SSSR count). The fourth-order valence-electron chi connectivity index (χ4n) is 1.12. The summed E-state index contributed by atoms with van der Waals surface area (Å²) in [7, 11) is 0. The van der Waals surface area contributed by atoms with Crippen LogP contribution >= 0.6 is 11.8 Å². The van der Waals surface area contributed by atoms with E-state index in [0.29, 0.717) is 6.41 Å². The molecule has 2 N–H and O–H groups in total. The summed E-state index contributed by atoms with van der Waals surface area (Å²) in [6.45, 7) is 0. The number of nitrogens with one attached hydrogen (secondary N) is 2. The number of rotatable bonds is 2. The van der Waals surface area contributed by atoms with Gasteiger partial charge in [0.25, 0.3) is 0 Å². The van der Waals surface area contributed by atoms with E-state index in [1.807, 2.05) is 24.3 Å². The molecule has 4 heteroatoms. The second-order valence-electron chi connectivity index (χ2n) is 2.42. The molecule has 12 heavy (non-hydrogen) atoms. The third-order valence-corrected chi connectivity index (χ3v) is 2.74. The minimum Gasteiger partial charge on any atom is -0.356 e. The van der Waals surface area contributed by atoms with Crippen molar-refractivity contribution in [1.82, 2.24) is 5.32 Å². The predicted octanol–water partition coefficient (Wildman–Crippen LogP) is 1.23. The van der Waals surface area contributed by atoms with E-state index in [-0.39, 0.29) is 5.50 Å². The van der Waals surface area contributed by atoms with E-state index in [0.717, 1.165) is 5.69 Å². The fourth-order valence-corrected chi connectivity index (χ4v) is 2.10. The molecule has 0 aromatic heterocycles. The number of carbonyl (C=O) groups is 1. The van der Waals surface area contributed by atoms with Crippen LogP contribution in [0.2, 0.25) is 0 Å². The van der Waals surface area contributed by atoms with E-state index in [4.69, 9.17) is 0 Å². The van der Waals surface area contributed by atoms with Gasteiger partial charge in [0.15, 0.2) is 5.50 Å². The van der Waals surface area contributed by atoms with Gasteiger partial charge < -0.3 is 10.6 Å². The summed E-state index contributed by atoms with van der Waals surface area (Å²) < 4.78 is 0. The number of thioether (sulfide) groups is 1. The molecule has 1 atom stereocenters. The molecule has 1 aromatic rings. The molecule has 0 saturated heterocycles. The van der Waals surface area contributed by atoms with Gasteiger partial charge in [0.05, 0.1) is 5.69 Å². The number of anilines is 1. The Hall–Kier alpha value is -1.16. The second kappa shape index (κ2) is 3.06. The number of fused-ring (bicyclic) bond motifs is 1. The van der Waals surface area contributed by atoms with Crippen LogP contribution in [0.15, 0.2) is 29.2 Å². The van der Waals surface area contributed by atoms with E-state index in [9.17, 15) is 4.79 Å². The molecule has 0 spiro atoms. The maximum atomic E-state index is 10.1. The van der Waals surface area contributed by atoms with Crippen molar-refractivity contribution in [2.24, 2.45) is 0 Å². The smallest absolute Gasteiger partial charge is 0.209 e. The Balaban J connectivity index is 2.16. The average Bonchev–Trinajstić information content (AvgIpc) is 2.47. The normalized spacial score (nSPS) is 19.5. The highest BCUT2D eigenvalue weighted by molar-refractivity contribution is 8.00.